The van der Waals surface area contributed by atoms with Gasteiger partial charge in [0.25, 0.3) is 0 Å². The number of carbonyl (C=O) groups is 1. The molecule has 1 aromatic carbocycles. The summed E-state index contributed by atoms with van der Waals surface area (Å²) in [6.45, 7) is 4.71. The largest absolute Gasteiger partial charge is 0.383 e. The maximum Gasteiger partial charge on any atom is 0.247 e. The van der Waals surface area contributed by atoms with Crippen LogP contribution in [0.1, 0.15) is 0 Å². The third-order valence-electron chi connectivity index (χ3n) is 3.97. The maximum absolute atomic E-state index is 11.5. The first-order valence-electron chi connectivity index (χ1n) is 9.11. The molecule has 3 N–H and O–H groups in total. The van der Waals surface area contributed by atoms with Crippen LogP contribution in [0.15, 0.2) is 60.4 Å². The molecule has 0 spiro atoms. The number of rotatable bonds is 10. The SMILES string of the molecule is C=CC(=O)Nc1cccc(Nc2nc(Nc3cnn(CCOC)c3)ncc2SC)c1. The third kappa shape index (κ3) is 5.82. The van der Waals surface area contributed by atoms with Crippen molar-refractivity contribution in [1.82, 2.24) is 19.7 Å². The molecule has 0 atom stereocenters. The van der Waals surface area contributed by atoms with Crippen LogP contribution in [0.5, 0.6) is 0 Å². The fourth-order valence-corrected chi connectivity index (χ4v) is 2.99. The molecular weight excluding hydrogens is 402 g/mol. The van der Waals surface area contributed by atoms with E-state index in [-0.39, 0.29) is 5.91 Å². The van der Waals surface area contributed by atoms with Crippen LogP contribution in [0.4, 0.5) is 28.8 Å². The molecule has 0 saturated heterocycles. The Balaban J connectivity index is 1.76. The Labute approximate surface area is 179 Å². The topological polar surface area (TPSA) is 106 Å². The summed E-state index contributed by atoms with van der Waals surface area (Å²) in [5.74, 6) is 0.827. The second kappa shape index (κ2) is 10.4. The van der Waals surface area contributed by atoms with E-state index in [2.05, 4.69) is 37.6 Å². The van der Waals surface area contributed by atoms with Gasteiger partial charge in [-0.25, -0.2) is 4.98 Å². The van der Waals surface area contributed by atoms with Gasteiger partial charge in [0, 0.05) is 30.9 Å². The Hall–Kier alpha value is -3.37. The van der Waals surface area contributed by atoms with E-state index in [9.17, 15) is 4.79 Å². The molecule has 3 rings (SSSR count). The van der Waals surface area contributed by atoms with Crippen molar-refractivity contribution < 1.29 is 9.53 Å². The monoisotopic (exact) mass is 425 g/mol. The number of aromatic nitrogens is 4. The normalized spacial score (nSPS) is 10.5. The van der Waals surface area contributed by atoms with Crippen LogP contribution in [0, 0.1) is 0 Å². The van der Waals surface area contributed by atoms with Crippen molar-refractivity contribution >= 4 is 46.5 Å². The Morgan fingerprint density at radius 2 is 2.10 bits per heavy atom. The van der Waals surface area contributed by atoms with Gasteiger partial charge in [-0.2, -0.15) is 10.1 Å². The highest BCUT2D eigenvalue weighted by molar-refractivity contribution is 7.98. The minimum absolute atomic E-state index is 0.267. The molecule has 2 heterocycles. The molecule has 9 nitrogen and oxygen atoms in total. The van der Waals surface area contributed by atoms with E-state index < -0.39 is 0 Å². The van der Waals surface area contributed by atoms with Gasteiger partial charge in [0.05, 0.1) is 29.9 Å². The highest BCUT2D eigenvalue weighted by Crippen LogP contribution is 2.28. The highest BCUT2D eigenvalue weighted by Gasteiger charge is 2.09. The summed E-state index contributed by atoms with van der Waals surface area (Å²) in [5.41, 5.74) is 2.22. The van der Waals surface area contributed by atoms with E-state index in [0.717, 1.165) is 16.3 Å². The molecule has 0 unspecified atom stereocenters. The van der Waals surface area contributed by atoms with Crippen LogP contribution in [-0.2, 0) is 16.1 Å². The number of anilines is 5. The first kappa shape index (κ1) is 21.3. The Kier molecular flexibility index (Phi) is 7.41. The number of amides is 1. The van der Waals surface area contributed by atoms with E-state index in [1.54, 1.807) is 30.3 Å². The van der Waals surface area contributed by atoms with Gasteiger partial charge in [-0.3, -0.25) is 9.48 Å². The van der Waals surface area contributed by atoms with Crippen molar-refractivity contribution in [2.24, 2.45) is 0 Å². The zero-order chi connectivity index (χ0) is 21.3. The van der Waals surface area contributed by atoms with Crippen LogP contribution in [-0.4, -0.2) is 45.6 Å². The lowest BCUT2D eigenvalue weighted by Crippen LogP contribution is -2.07. The molecule has 1 amide bonds. The lowest BCUT2D eigenvalue weighted by atomic mass is 10.2. The Morgan fingerprint density at radius 3 is 2.87 bits per heavy atom. The van der Waals surface area contributed by atoms with Gasteiger partial charge in [0.2, 0.25) is 11.9 Å². The Bertz CT molecular complexity index is 1020. The average Bonchev–Trinajstić information content (AvgIpc) is 3.20. The highest BCUT2D eigenvalue weighted by atomic mass is 32.2. The van der Waals surface area contributed by atoms with Gasteiger partial charge in [-0.15, -0.1) is 11.8 Å². The summed E-state index contributed by atoms with van der Waals surface area (Å²) >= 11 is 1.53. The summed E-state index contributed by atoms with van der Waals surface area (Å²) in [6, 6.07) is 7.36. The molecular formula is C20H23N7O2S. The van der Waals surface area contributed by atoms with Crippen LogP contribution in [0.25, 0.3) is 0 Å². The fraction of sp³-hybridized carbons (Fsp3) is 0.200. The molecule has 156 valence electrons. The molecule has 0 radical (unpaired) electrons. The number of hydrogen-bond donors (Lipinski definition) is 3. The van der Waals surface area contributed by atoms with Crippen molar-refractivity contribution in [2.75, 3.05) is 35.9 Å². The van der Waals surface area contributed by atoms with E-state index in [1.165, 1.54) is 17.8 Å². The molecule has 0 aliphatic heterocycles. The third-order valence-corrected chi connectivity index (χ3v) is 4.71. The first-order valence-corrected chi connectivity index (χ1v) is 10.3. The predicted octanol–water partition coefficient (Wildman–Crippen LogP) is 3.65. The van der Waals surface area contributed by atoms with Crippen LogP contribution in [0.2, 0.25) is 0 Å². The molecule has 0 aliphatic carbocycles. The van der Waals surface area contributed by atoms with Crippen LogP contribution in [0.3, 0.4) is 0 Å². The van der Waals surface area contributed by atoms with Gasteiger partial charge in [0.1, 0.15) is 5.82 Å². The number of hydrogen-bond acceptors (Lipinski definition) is 8. The van der Waals surface area contributed by atoms with Gasteiger partial charge >= 0.3 is 0 Å². The van der Waals surface area contributed by atoms with E-state index in [0.29, 0.717) is 30.6 Å². The van der Waals surface area contributed by atoms with Crippen LogP contribution < -0.4 is 16.0 Å². The van der Waals surface area contributed by atoms with E-state index >= 15 is 0 Å². The molecule has 30 heavy (non-hydrogen) atoms. The molecule has 10 heteroatoms. The van der Waals surface area contributed by atoms with Crippen molar-refractivity contribution in [3.63, 3.8) is 0 Å². The van der Waals surface area contributed by atoms with Gasteiger partial charge in [-0.05, 0) is 30.5 Å². The lowest BCUT2D eigenvalue weighted by Gasteiger charge is -2.12. The van der Waals surface area contributed by atoms with Crippen molar-refractivity contribution in [3.8, 4) is 0 Å². The maximum atomic E-state index is 11.5. The number of carbonyl (C=O) groups excluding carboxylic acids is 1. The summed E-state index contributed by atoms with van der Waals surface area (Å²) in [5, 5.41) is 13.5. The second-order valence-corrected chi connectivity index (χ2v) is 6.97. The summed E-state index contributed by atoms with van der Waals surface area (Å²) in [7, 11) is 1.65. The zero-order valence-corrected chi connectivity index (χ0v) is 17.6. The van der Waals surface area contributed by atoms with Gasteiger partial charge < -0.3 is 20.7 Å². The van der Waals surface area contributed by atoms with Crippen molar-refractivity contribution in [3.05, 3.63) is 55.5 Å². The predicted molar refractivity (Wildman–Crippen MR) is 120 cm³/mol. The van der Waals surface area contributed by atoms with Crippen molar-refractivity contribution in [1.29, 1.82) is 0 Å². The first-order chi connectivity index (χ1) is 14.6. The molecule has 0 saturated carbocycles. The second-order valence-electron chi connectivity index (χ2n) is 6.12. The summed E-state index contributed by atoms with van der Waals surface area (Å²) in [6.07, 6.45) is 8.51. The average molecular weight is 426 g/mol. The van der Waals surface area contributed by atoms with Gasteiger partial charge in [0.15, 0.2) is 0 Å². The smallest absolute Gasteiger partial charge is 0.247 e. The fourth-order valence-electron chi connectivity index (χ4n) is 2.54. The molecule has 3 aromatic rings. The standard InChI is InChI=1S/C20H23N7O2S/c1-4-18(28)23-14-6-5-7-15(10-14)24-19-17(30-3)12-21-20(26-19)25-16-11-22-27(13-16)8-9-29-2/h4-7,10-13H,1,8-9H2,2-3H3,(H,23,28)(H2,21,24,25,26). The number of benzene rings is 1. The number of ether oxygens (including phenoxy) is 1. The van der Waals surface area contributed by atoms with Crippen LogP contribution >= 0.6 is 11.8 Å². The number of nitrogens with zero attached hydrogens (tertiary/aromatic N) is 4. The van der Waals surface area contributed by atoms with Crippen molar-refractivity contribution in [2.45, 2.75) is 11.4 Å². The minimum atomic E-state index is -0.267. The summed E-state index contributed by atoms with van der Waals surface area (Å²) < 4.78 is 6.84. The minimum Gasteiger partial charge on any atom is -0.383 e. The lowest BCUT2D eigenvalue weighted by molar-refractivity contribution is -0.111. The Morgan fingerprint density at radius 1 is 1.27 bits per heavy atom. The number of nitrogens with one attached hydrogen (secondary N) is 3. The number of thioether (sulfide) groups is 1. The van der Waals surface area contributed by atoms with Gasteiger partial charge in [-0.1, -0.05) is 12.6 Å². The molecule has 0 fully saturated rings. The molecule has 0 bridgehead atoms. The molecule has 0 aliphatic rings. The van der Waals surface area contributed by atoms with E-state index in [1.807, 2.05) is 30.7 Å². The number of methoxy groups -OCH3 is 1. The quantitative estimate of drug-likeness (QED) is 0.334. The van der Waals surface area contributed by atoms with E-state index in [4.69, 9.17) is 4.74 Å². The molecule has 2 aromatic heterocycles. The summed E-state index contributed by atoms with van der Waals surface area (Å²) in [4.78, 5) is 21.4. The zero-order valence-electron chi connectivity index (χ0n) is 16.8.